The van der Waals surface area contributed by atoms with E-state index in [4.69, 9.17) is 9.15 Å². The van der Waals surface area contributed by atoms with Crippen LogP contribution in [-0.4, -0.2) is 53.0 Å². The number of furan rings is 1. The summed E-state index contributed by atoms with van der Waals surface area (Å²) in [5.41, 5.74) is 3.08. The monoisotopic (exact) mass is 355 g/mol. The van der Waals surface area contributed by atoms with Crippen LogP contribution in [0.1, 0.15) is 23.4 Å². The van der Waals surface area contributed by atoms with Gasteiger partial charge in [-0.3, -0.25) is 14.7 Å². The Morgan fingerprint density at radius 2 is 2.15 bits per heavy atom. The first-order valence-corrected chi connectivity index (χ1v) is 9.25. The number of ether oxygens (including phenoxy) is 1. The molecule has 0 bridgehead atoms. The summed E-state index contributed by atoms with van der Waals surface area (Å²) in [6.45, 7) is 6.28. The van der Waals surface area contributed by atoms with Crippen molar-refractivity contribution < 1.29 is 13.9 Å². The van der Waals surface area contributed by atoms with Gasteiger partial charge in [-0.15, -0.1) is 0 Å². The van der Waals surface area contributed by atoms with Gasteiger partial charge in [-0.2, -0.15) is 0 Å². The van der Waals surface area contributed by atoms with Gasteiger partial charge in [0, 0.05) is 30.9 Å². The van der Waals surface area contributed by atoms with Gasteiger partial charge in [0.05, 0.1) is 43.4 Å². The van der Waals surface area contributed by atoms with Crippen molar-refractivity contribution in [2.24, 2.45) is 5.92 Å². The molecule has 6 nitrogen and oxygen atoms in total. The van der Waals surface area contributed by atoms with Crippen molar-refractivity contribution in [1.82, 2.24) is 14.8 Å². The normalized spacial score (nSPS) is 24.3. The number of nitrogens with zero attached hydrogens (tertiary/aromatic N) is 3. The first-order valence-electron chi connectivity index (χ1n) is 9.25. The fraction of sp³-hybridized carbons (Fsp3) is 0.500. The van der Waals surface area contributed by atoms with Crippen molar-refractivity contribution in [2.45, 2.75) is 32.5 Å². The van der Waals surface area contributed by atoms with E-state index in [0.717, 1.165) is 43.0 Å². The molecule has 0 radical (unpaired) electrons. The van der Waals surface area contributed by atoms with Crippen LogP contribution in [0.15, 0.2) is 41.2 Å². The summed E-state index contributed by atoms with van der Waals surface area (Å²) in [6.07, 6.45) is 4.28. The average molecular weight is 355 g/mol. The van der Waals surface area contributed by atoms with Crippen LogP contribution in [-0.2, 0) is 22.6 Å². The maximum Gasteiger partial charge on any atom is 0.228 e. The second-order valence-electron chi connectivity index (χ2n) is 7.20. The van der Waals surface area contributed by atoms with Gasteiger partial charge < -0.3 is 14.1 Å². The molecule has 26 heavy (non-hydrogen) atoms. The van der Waals surface area contributed by atoms with Crippen LogP contribution in [0.2, 0.25) is 0 Å². The number of carbonyl (C=O) groups excluding carboxylic acids is 1. The van der Waals surface area contributed by atoms with Gasteiger partial charge in [0.2, 0.25) is 5.91 Å². The summed E-state index contributed by atoms with van der Waals surface area (Å²) >= 11 is 0. The Morgan fingerprint density at radius 3 is 2.96 bits per heavy atom. The molecule has 4 heterocycles. The molecule has 0 spiro atoms. The van der Waals surface area contributed by atoms with Crippen LogP contribution in [0.5, 0.6) is 0 Å². The molecule has 6 heteroatoms. The topological polar surface area (TPSA) is 58.8 Å². The number of aromatic nitrogens is 1. The lowest BCUT2D eigenvalue weighted by Crippen LogP contribution is -2.48. The standard InChI is InChI=1S/C20H25N3O3/c1-15-3-2-4-17(21-15)12-23-8-10-26-19-13-22(7-5-18(19)20(23)24)11-16-6-9-25-14-16/h2-4,6,9,14,18-19H,5,7-8,10-13H2,1H3/t18-,19+/m0/s1. The second-order valence-corrected chi connectivity index (χ2v) is 7.20. The van der Waals surface area contributed by atoms with Crippen molar-refractivity contribution in [3.63, 3.8) is 0 Å². The lowest BCUT2D eigenvalue weighted by molar-refractivity contribution is -0.139. The number of pyridine rings is 1. The minimum Gasteiger partial charge on any atom is -0.472 e. The van der Waals surface area contributed by atoms with E-state index < -0.39 is 0 Å². The number of carbonyl (C=O) groups is 1. The lowest BCUT2D eigenvalue weighted by atomic mass is 9.92. The van der Waals surface area contributed by atoms with E-state index in [1.807, 2.05) is 36.1 Å². The van der Waals surface area contributed by atoms with E-state index in [1.54, 1.807) is 12.5 Å². The number of amides is 1. The quantitative estimate of drug-likeness (QED) is 0.842. The van der Waals surface area contributed by atoms with E-state index in [-0.39, 0.29) is 17.9 Å². The SMILES string of the molecule is Cc1cccc(CN2CCO[C@@H]3CN(Cc4ccoc4)CC[C@@H]3C2=O)n1. The van der Waals surface area contributed by atoms with E-state index in [9.17, 15) is 4.79 Å². The second kappa shape index (κ2) is 7.60. The zero-order chi connectivity index (χ0) is 17.9. The van der Waals surface area contributed by atoms with E-state index in [1.165, 1.54) is 0 Å². The maximum atomic E-state index is 13.1. The summed E-state index contributed by atoms with van der Waals surface area (Å²) in [5.74, 6) is 0.154. The van der Waals surface area contributed by atoms with Gasteiger partial charge in [0.25, 0.3) is 0 Å². The van der Waals surface area contributed by atoms with Crippen LogP contribution in [0.4, 0.5) is 0 Å². The molecule has 2 aliphatic heterocycles. The number of hydrogen-bond acceptors (Lipinski definition) is 5. The molecule has 0 unspecified atom stereocenters. The van der Waals surface area contributed by atoms with Gasteiger partial charge in [-0.05, 0) is 38.1 Å². The van der Waals surface area contributed by atoms with Crippen molar-refractivity contribution in [3.05, 3.63) is 53.7 Å². The highest BCUT2D eigenvalue weighted by Gasteiger charge is 2.39. The van der Waals surface area contributed by atoms with Crippen LogP contribution in [0, 0.1) is 12.8 Å². The highest BCUT2D eigenvalue weighted by molar-refractivity contribution is 5.80. The van der Waals surface area contributed by atoms with Gasteiger partial charge in [-0.1, -0.05) is 6.07 Å². The third-order valence-electron chi connectivity index (χ3n) is 5.25. The van der Waals surface area contributed by atoms with Crippen LogP contribution in [0.3, 0.4) is 0 Å². The van der Waals surface area contributed by atoms with Crippen molar-refractivity contribution in [2.75, 3.05) is 26.2 Å². The minimum absolute atomic E-state index is 0.0291. The predicted molar refractivity (Wildman–Crippen MR) is 96.2 cm³/mol. The highest BCUT2D eigenvalue weighted by Crippen LogP contribution is 2.27. The number of rotatable bonds is 4. The summed E-state index contributed by atoms with van der Waals surface area (Å²) in [7, 11) is 0. The van der Waals surface area contributed by atoms with Gasteiger partial charge in [0.1, 0.15) is 0 Å². The zero-order valence-electron chi connectivity index (χ0n) is 15.1. The Bertz CT molecular complexity index is 747. The van der Waals surface area contributed by atoms with E-state index in [0.29, 0.717) is 19.7 Å². The summed E-state index contributed by atoms with van der Waals surface area (Å²) in [5, 5.41) is 0. The molecule has 2 aromatic rings. The summed E-state index contributed by atoms with van der Waals surface area (Å²) < 4.78 is 11.2. The fourth-order valence-corrected chi connectivity index (χ4v) is 3.92. The first-order chi connectivity index (χ1) is 12.7. The molecule has 2 atom stereocenters. The Hall–Kier alpha value is -2.18. The van der Waals surface area contributed by atoms with Crippen LogP contribution >= 0.6 is 0 Å². The highest BCUT2D eigenvalue weighted by atomic mass is 16.5. The molecule has 0 N–H and O–H groups in total. The molecule has 138 valence electrons. The molecule has 4 rings (SSSR count). The third-order valence-corrected chi connectivity index (χ3v) is 5.25. The first kappa shape index (κ1) is 17.2. The molecule has 2 aliphatic rings. The number of hydrogen-bond donors (Lipinski definition) is 0. The van der Waals surface area contributed by atoms with Crippen LogP contribution < -0.4 is 0 Å². The van der Waals surface area contributed by atoms with E-state index >= 15 is 0 Å². The molecule has 0 aromatic carbocycles. The van der Waals surface area contributed by atoms with Gasteiger partial charge in [-0.25, -0.2) is 0 Å². The number of likely N-dealkylation sites (tertiary alicyclic amines) is 1. The van der Waals surface area contributed by atoms with Crippen molar-refractivity contribution in [3.8, 4) is 0 Å². The fourth-order valence-electron chi connectivity index (χ4n) is 3.92. The Balaban J connectivity index is 1.41. The van der Waals surface area contributed by atoms with Crippen LogP contribution in [0.25, 0.3) is 0 Å². The number of piperidine rings is 1. The number of fused-ring (bicyclic) bond motifs is 1. The molecular formula is C20H25N3O3. The lowest BCUT2D eigenvalue weighted by Gasteiger charge is -2.36. The molecule has 2 saturated heterocycles. The Labute approximate surface area is 153 Å². The molecule has 1 amide bonds. The predicted octanol–water partition coefficient (Wildman–Crippen LogP) is 2.23. The smallest absolute Gasteiger partial charge is 0.228 e. The minimum atomic E-state index is -0.0529. The summed E-state index contributed by atoms with van der Waals surface area (Å²) in [4.78, 5) is 21.9. The molecule has 2 aromatic heterocycles. The van der Waals surface area contributed by atoms with E-state index in [2.05, 4.69) is 9.88 Å². The molecular weight excluding hydrogens is 330 g/mol. The number of aryl methyl sites for hydroxylation is 1. The third kappa shape index (κ3) is 3.81. The Kier molecular flexibility index (Phi) is 5.04. The molecule has 0 aliphatic carbocycles. The summed E-state index contributed by atoms with van der Waals surface area (Å²) in [6, 6.07) is 7.94. The largest absolute Gasteiger partial charge is 0.472 e. The average Bonchev–Trinajstić information content (AvgIpc) is 3.08. The Morgan fingerprint density at radius 1 is 1.23 bits per heavy atom. The molecule has 0 saturated carbocycles. The molecule has 2 fully saturated rings. The van der Waals surface area contributed by atoms with Gasteiger partial charge in [0.15, 0.2) is 0 Å². The van der Waals surface area contributed by atoms with Gasteiger partial charge >= 0.3 is 0 Å². The zero-order valence-corrected chi connectivity index (χ0v) is 15.1. The van der Waals surface area contributed by atoms with Crippen molar-refractivity contribution in [1.29, 1.82) is 0 Å². The maximum absolute atomic E-state index is 13.1. The van der Waals surface area contributed by atoms with Crippen molar-refractivity contribution >= 4 is 5.91 Å².